The molecule has 1 aromatic carbocycles. The molecule has 1 fully saturated rings. The summed E-state index contributed by atoms with van der Waals surface area (Å²) in [7, 11) is 0. The molecule has 0 amide bonds. The highest BCUT2D eigenvalue weighted by atomic mass is 15.3. The molecule has 2 aromatic heterocycles. The summed E-state index contributed by atoms with van der Waals surface area (Å²) in [5.74, 6) is 0.961. The van der Waals surface area contributed by atoms with Crippen molar-refractivity contribution < 1.29 is 0 Å². The van der Waals surface area contributed by atoms with Crippen LogP contribution in [-0.4, -0.2) is 46.0 Å². The average Bonchev–Trinajstić information content (AvgIpc) is 2.89. The van der Waals surface area contributed by atoms with Crippen LogP contribution in [0.5, 0.6) is 0 Å². The molecule has 0 spiro atoms. The maximum atomic E-state index is 4.52. The van der Waals surface area contributed by atoms with Gasteiger partial charge in [0.05, 0.1) is 5.52 Å². The molecule has 0 radical (unpaired) electrons. The molecule has 128 valence electrons. The Labute approximate surface area is 148 Å². The minimum Gasteiger partial charge on any atom is -0.353 e. The Kier molecular flexibility index (Phi) is 4.57. The van der Waals surface area contributed by atoms with Gasteiger partial charge in [0.15, 0.2) is 5.82 Å². The first kappa shape index (κ1) is 16.0. The van der Waals surface area contributed by atoms with Gasteiger partial charge in [0.2, 0.25) is 0 Å². The van der Waals surface area contributed by atoms with E-state index in [0.29, 0.717) is 0 Å². The van der Waals surface area contributed by atoms with E-state index < -0.39 is 0 Å². The average molecular weight is 333 g/mol. The largest absolute Gasteiger partial charge is 0.353 e. The second kappa shape index (κ2) is 7.15. The smallest absolute Gasteiger partial charge is 0.158 e. The van der Waals surface area contributed by atoms with Crippen molar-refractivity contribution in [3.05, 3.63) is 60.0 Å². The van der Waals surface area contributed by atoms with Gasteiger partial charge in [-0.25, -0.2) is 9.97 Å². The van der Waals surface area contributed by atoms with Crippen molar-refractivity contribution >= 4 is 16.9 Å². The summed E-state index contributed by atoms with van der Waals surface area (Å²) in [5, 5.41) is 0. The van der Waals surface area contributed by atoms with Crippen molar-refractivity contribution in [2.24, 2.45) is 0 Å². The first-order valence-corrected chi connectivity index (χ1v) is 8.88. The summed E-state index contributed by atoms with van der Waals surface area (Å²) in [5.41, 5.74) is 4.51. The zero-order valence-corrected chi connectivity index (χ0v) is 14.6. The molecule has 0 bridgehead atoms. The molecule has 3 aromatic rings. The van der Waals surface area contributed by atoms with Gasteiger partial charge in [0.25, 0.3) is 0 Å². The summed E-state index contributed by atoms with van der Waals surface area (Å²) in [6.45, 7) is 7.26. The van der Waals surface area contributed by atoms with E-state index in [0.717, 1.165) is 56.0 Å². The van der Waals surface area contributed by atoms with Crippen LogP contribution in [-0.2, 0) is 6.54 Å². The predicted molar refractivity (Wildman–Crippen MR) is 101 cm³/mol. The Morgan fingerprint density at radius 2 is 1.80 bits per heavy atom. The Bertz CT molecular complexity index is 841. The van der Waals surface area contributed by atoms with E-state index in [2.05, 4.69) is 55.9 Å². The second-order valence-electron chi connectivity index (χ2n) is 6.67. The summed E-state index contributed by atoms with van der Waals surface area (Å²) in [6, 6.07) is 12.8. The van der Waals surface area contributed by atoms with Crippen LogP contribution in [0.2, 0.25) is 0 Å². The van der Waals surface area contributed by atoms with Gasteiger partial charge in [-0.05, 0) is 31.0 Å². The first-order valence-electron chi connectivity index (χ1n) is 8.88. The molecule has 0 saturated carbocycles. The standard InChI is InChI=1S/C20H23N5/c1-16-5-7-17(8-6-16)14-24-10-3-11-25(13-12-24)20-19-18(22-15-23-20)4-2-9-21-19/h2,4-9,15H,3,10-14H2,1H3. The van der Waals surface area contributed by atoms with Crippen molar-refractivity contribution in [2.75, 3.05) is 31.1 Å². The third kappa shape index (κ3) is 3.61. The van der Waals surface area contributed by atoms with Crippen molar-refractivity contribution in [2.45, 2.75) is 19.9 Å². The third-order valence-electron chi connectivity index (χ3n) is 4.79. The molecule has 0 aliphatic carbocycles. The number of nitrogens with zero attached hydrogens (tertiary/aromatic N) is 5. The highest BCUT2D eigenvalue weighted by Gasteiger charge is 2.18. The highest BCUT2D eigenvalue weighted by molar-refractivity contribution is 5.85. The Balaban J connectivity index is 1.48. The number of hydrogen-bond donors (Lipinski definition) is 0. The second-order valence-corrected chi connectivity index (χ2v) is 6.67. The number of pyridine rings is 1. The SMILES string of the molecule is Cc1ccc(CN2CCCN(c3ncnc4cccnc34)CC2)cc1. The summed E-state index contributed by atoms with van der Waals surface area (Å²) in [6.07, 6.45) is 4.59. The van der Waals surface area contributed by atoms with Crippen LogP contribution >= 0.6 is 0 Å². The van der Waals surface area contributed by atoms with Gasteiger partial charge in [0.1, 0.15) is 11.8 Å². The lowest BCUT2D eigenvalue weighted by atomic mass is 10.1. The van der Waals surface area contributed by atoms with Crippen LogP contribution in [0.15, 0.2) is 48.9 Å². The Morgan fingerprint density at radius 3 is 2.68 bits per heavy atom. The molecule has 1 aliphatic rings. The highest BCUT2D eigenvalue weighted by Crippen LogP contribution is 2.22. The zero-order valence-electron chi connectivity index (χ0n) is 14.6. The number of aromatic nitrogens is 3. The molecule has 0 unspecified atom stereocenters. The molecule has 1 aliphatic heterocycles. The lowest BCUT2D eigenvalue weighted by molar-refractivity contribution is 0.285. The number of rotatable bonds is 3. The maximum absolute atomic E-state index is 4.52. The van der Waals surface area contributed by atoms with Crippen molar-refractivity contribution in [3.63, 3.8) is 0 Å². The molecule has 0 N–H and O–H groups in total. The molecule has 3 heterocycles. The number of benzene rings is 1. The van der Waals surface area contributed by atoms with Gasteiger partial charge in [-0.1, -0.05) is 29.8 Å². The molecule has 4 rings (SSSR count). The Hall–Kier alpha value is -2.53. The molecule has 1 saturated heterocycles. The minimum absolute atomic E-state index is 0.900. The number of anilines is 1. The number of aryl methyl sites for hydroxylation is 1. The number of fused-ring (bicyclic) bond motifs is 1. The lowest BCUT2D eigenvalue weighted by Gasteiger charge is -2.23. The molecule has 5 heteroatoms. The summed E-state index contributed by atoms with van der Waals surface area (Å²) >= 11 is 0. The Morgan fingerprint density at radius 1 is 0.920 bits per heavy atom. The third-order valence-corrected chi connectivity index (χ3v) is 4.79. The van der Waals surface area contributed by atoms with E-state index in [1.165, 1.54) is 11.1 Å². The van der Waals surface area contributed by atoms with E-state index >= 15 is 0 Å². The van der Waals surface area contributed by atoms with Gasteiger partial charge < -0.3 is 4.90 Å². The molecular formula is C20H23N5. The molecule has 25 heavy (non-hydrogen) atoms. The monoisotopic (exact) mass is 333 g/mol. The minimum atomic E-state index is 0.900. The summed E-state index contributed by atoms with van der Waals surface area (Å²) < 4.78 is 0. The van der Waals surface area contributed by atoms with Gasteiger partial charge >= 0.3 is 0 Å². The van der Waals surface area contributed by atoms with Crippen LogP contribution in [0.4, 0.5) is 5.82 Å². The summed E-state index contributed by atoms with van der Waals surface area (Å²) in [4.78, 5) is 18.2. The van der Waals surface area contributed by atoms with Crippen LogP contribution in [0.1, 0.15) is 17.5 Å². The van der Waals surface area contributed by atoms with Crippen molar-refractivity contribution in [1.82, 2.24) is 19.9 Å². The van der Waals surface area contributed by atoms with Crippen LogP contribution in [0, 0.1) is 6.92 Å². The van der Waals surface area contributed by atoms with E-state index in [-0.39, 0.29) is 0 Å². The maximum Gasteiger partial charge on any atom is 0.158 e. The van der Waals surface area contributed by atoms with Gasteiger partial charge in [-0.3, -0.25) is 9.88 Å². The number of hydrogen-bond acceptors (Lipinski definition) is 5. The van der Waals surface area contributed by atoms with E-state index in [4.69, 9.17) is 0 Å². The molecular weight excluding hydrogens is 310 g/mol. The fourth-order valence-electron chi connectivity index (χ4n) is 3.40. The lowest BCUT2D eigenvalue weighted by Crippen LogP contribution is -2.31. The van der Waals surface area contributed by atoms with Crippen molar-refractivity contribution in [1.29, 1.82) is 0 Å². The van der Waals surface area contributed by atoms with E-state index in [1.54, 1.807) is 6.33 Å². The quantitative estimate of drug-likeness (QED) is 0.737. The first-order chi connectivity index (χ1) is 12.3. The van der Waals surface area contributed by atoms with Gasteiger partial charge in [0, 0.05) is 38.9 Å². The molecule has 5 nitrogen and oxygen atoms in total. The van der Waals surface area contributed by atoms with E-state index in [9.17, 15) is 0 Å². The van der Waals surface area contributed by atoms with Crippen LogP contribution in [0.25, 0.3) is 11.0 Å². The normalized spacial score (nSPS) is 16.1. The zero-order chi connectivity index (χ0) is 17.1. The predicted octanol–water partition coefficient (Wildman–Crippen LogP) is 3.05. The van der Waals surface area contributed by atoms with Gasteiger partial charge in [-0.15, -0.1) is 0 Å². The fraction of sp³-hybridized carbons (Fsp3) is 0.350. The van der Waals surface area contributed by atoms with Crippen LogP contribution in [0.3, 0.4) is 0 Å². The molecule has 0 atom stereocenters. The van der Waals surface area contributed by atoms with Crippen LogP contribution < -0.4 is 4.90 Å². The van der Waals surface area contributed by atoms with Gasteiger partial charge in [-0.2, -0.15) is 0 Å². The van der Waals surface area contributed by atoms with E-state index in [1.807, 2.05) is 18.3 Å². The fourth-order valence-corrected chi connectivity index (χ4v) is 3.40. The van der Waals surface area contributed by atoms with Crippen molar-refractivity contribution in [3.8, 4) is 0 Å². The topological polar surface area (TPSA) is 45.2 Å².